The molecule has 1 aromatic rings. The van der Waals surface area contributed by atoms with Crippen LogP contribution in [0.5, 0.6) is 0 Å². The molecule has 1 aliphatic rings. The maximum Gasteiger partial charge on any atom is 0.237 e. The van der Waals surface area contributed by atoms with Gasteiger partial charge < -0.3 is 4.90 Å². The van der Waals surface area contributed by atoms with E-state index in [2.05, 4.69) is 11.4 Å². The lowest BCUT2D eigenvalue weighted by atomic mass is 10.1. The number of hydrogen-bond donors (Lipinski definition) is 0. The first kappa shape index (κ1) is 12.3. The summed E-state index contributed by atoms with van der Waals surface area (Å²) in [6.45, 7) is 2.74. The predicted octanol–water partition coefficient (Wildman–Crippen LogP) is 3.37. The standard InChI is InChI=1S/C11H14ClNOS2/c1-2-13(10(14)7-12)9-4-6-16-11-8(9)3-5-15-11/h3,5,9H,2,4,6-7H2,1H3. The van der Waals surface area contributed by atoms with E-state index in [9.17, 15) is 4.79 Å². The van der Waals surface area contributed by atoms with E-state index in [0.717, 1.165) is 18.7 Å². The molecular formula is C11H14ClNOS2. The summed E-state index contributed by atoms with van der Waals surface area (Å²) in [6.07, 6.45) is 1.03. The Morgan fingerprint density at radius 1 is 1.69 bits per heavy atom. The van der Waals surface area contributed by atoms with Crippen LogP contribution in [0.1, 0.15) is 24.9 Å². The quantitative estimate of drug-likeness (QED) is 0.789. The lowest BCUT2D eigenvalue weighted by Gasteiger charge is -2.33. The molecule has 0 saturated heterocycles. The van der Waals surface area contributed by atoms with E-state index >= 15 is 0 Å². The van der Waals surface area contributed by atoms with Crippen molar-refractivity contribution in [3.05, 3.63) is 17.0 Å². The summed E-state index contributed by atoms with van der Waals surface area (Å²) in [5, 5.41) is 2.11. The maximum absolute atomic E-state index is 11.8. The van der Waals surface area contributed by atoms with Gasteiger partial charge in [0.15, 0.2) is 0 Å². The van der Waals surface area contributed by atoms with Crippen molar-refractivity contribution in [1.82, 2.24) is 4.90 Å². The molecular weight excluding hydrogens is 262 g/mol. The first-order chi connectivity index (χ1) is 7.77. The monoisotopic (exact) mass is 275 g/mol. The lowest BCUT2D eigenvalue weighted by Crippen LogP contribution is -2.36. The Bertz CT molecular complexity index is 380. The van der Waals surface area contributed by atoms with E-state index < -0.39 is 0 Å². The SMILES string of the molecule is CCN(C(=O)CCl)C1CCSc2sccc21. The van der Waals surface area contributed by atoms with Crippen LogP contribution in [0, 0.1) is 0 Å². The smallest absolute Gasteiger partial charge is 0.237 e. The molecule has 0 aromatic carbocycles. The van der Waals surface area contributed by atoms with Crippen molar-refractivity contribution in [1.29, 1.82) is 0 Å². The summed E-state index contributed by atoms with van der Waals surface area (Å²) in [5.41, 5.74) is 1.31. The Morgan fingerprint density at radius 2 is 2.50 bits per heavy atom. The van der Waals surface area contributed by atoms with Crippen LogP contribution in [0.25, 0.3) is 0 Å². The van der Waals surface area contributed by atoms with Gasteiger partial charge in [0.05, 0.1) is 10.3 Å². The number of thiophene rings is 1. The number of carbonyl (C=O) groups excluding carboxylic acids is 1. The minimum absolute atomic E-state index is 0.0400. The molecule has 16 heavy (non-hydrogen) atoms. The van der Waals surface area contributed by atoms with Gasteiger partial charge in [-0.15, -0.1) is 34.7 Å². The number of fused-ring (bicyclic) bond motifs is 1. The van der Waals surface area contributed by atoms with Crippen LogP contribution in [0.2, 0.25) is 0 Å². The molecule has 2 nitrogen and oxygen atoms in total. The van der Waals surface area contributed by atoms with Crippen LogP contribution in [0.4, 0.5) is 0 Å². The molecule has 88 valence electrons. The number of amides is 1. The van der Waals surface area contributed by atoms with Crippen LogP contribution >= 0.6 is 34.7 Å². The Balaban J connectivity index is 2.25. The van der Waals surface area contributed by atoms with Gasteiger partial charge in [-0.25, -0.2) is 0 Å². The van der Waals surface area contributed by atoms with Gasteiger partial charge in [0, 0.05) is 12.3 Å². The molecule has 0 bridgehead atoms. The molecule has 5 heteroatoms. The van der Waals surface area contributed by atoms with Crippen molar-refractivity contribution < 1.29 is 4.79 Å². The van der Waals surface area contributed by atoms with E-state index in [-0.39, 0.29) is 17.8 Å². The van der Waals surface area contributed by atoms with Crippen molar-refractivity contribution in [3.63, 3.8) is 0 Å². The third-order valence-corrected chi connectivity index (χ3v) is 5.32. The summed E-state index contributed by atoms with van der Waals surface area (Å²) in [5.74, 6) is 1.21. The Labute approximate surface area is 109 Å². The number of carbonyl (C=O) groups is 1. The van der Waals surface area contributed by atoms with Gasteiger partial charge >= 0.3 is 0 Å². The number of alkyl halides is 1. The zero-order chi connectivity index (χ0) is 11.5. The summed E-state index contributed by atoms with van der Waals surface area (Å²) in [6, 6.07) is 2.37. The van der Waals surface area contributed by atoms with Crippen LogP contribution < -0.4 is 0 Å². The second-order valence-electron chi connectivity index (χ2n) is 3.63. The number of hydrogen-bond acceptors (Lipinski definition) is 3. The minimum Gasteiger partial charge on any atom is -0.335 e. The zero-order valence-electron chi connectivity index (χ0n) is 9.11. The van der Waals surface area contributed by atoms with Gasteiger partial charge in [-0.1, -0.05) is 0 Å². The average Bonchev–Trinajstić information content (AvgIpc) is 2.78. The predicted molar refractivity (Wildman–Crippen MR) is 70.5 cm³/mol. The Morgan fingerprint density at radius 3 is 3.19 bits per heavy atom. The highest BCUT2D eigenvalue weighted by atomic mass is 35.5. The molecule has 1 aliphatic heterocycles. The van der Waals surface area contributed by atoms with Crippen molar-refractivity contribution in [2.24, 2.45) is 0 Å². The van der Waals surface area contributed by atoms with Crippen molar-refractivity contribution >= 4 is 40.6 Å². The van der Waals surface area contributed by atoms with Gasteiger partial charge in [-0.3, -0.25) is 4.79 Å². The van der Waals surface area contributed by atoms with Gasteiger partial charge in [0.1, 0.15) is 5.88 Å². The highest BCUT2D eigenvalue weighted by molar-refractivity contribution is 8.01. The molecule has 2 heterocycles. The Hall–Kier alpha value is -0.190. The second kappa shape index (κ2) is 5.43. The number of rotatable bonds is 3. The van der Waals surface area contributed by atoms with Crippen molar-refractivity contribution in [2.45, 2.75) is 23.6 Å². The number of thioether (sulfide) groups is 1. The topological polar surface area (TPSA) is 20.3 Å². The molecule has 0 radical (unpaired) electrons. The first-order valence-electron chi connectivity index (χ1n) is 5.33. The largest absolute Gasteiger partial charge is 0.335 e. The fourth-order valence-electron chi connectivity index (χ4n) is 2.06. The molecule has 0 aliphatic carbocycles. The van der Waals surface area contributed by atoms with E-state index in [1.165, 1.54) is 9.77 Å². The maximum atomic E-state index is 11.8. The molecule has 1 atom stereocenters. The van der Waals surface area contributed by atoms with Gasteiger partial charge in [-0.2, -0.15) is 0 Å². The summed E-state index contributed by atoms with van der Waals surface area (Å²) >= 11 is 9.31. The van der Waals surface area contributed by atoms with E-state index in [1.807, 2.05) is 23.6 Å². The summed E-state index contributed by atoms with van der Waals surface area (Å²) in [4.78, 5) is 13.7. The van der Waals surface area contributed by atoms with Crippen LogP contribution in [0.15, 0.2) is 15.7 Å². The molecule has 0 N–H and O–H groups in total. The van der Waals surface area contributed by atoms with Gasteiger partial charge in [-0.05, 0) is 30.4 Å². The first-order valence-corrected chi connectivity index (χ1v) is 7.73. The van der Waals surface area contributed by atoms with Crippen LogP contribution in [-0.4, -0.2) is 29.0 Å². The minimum atomic E-state index is 0.0400. The molecule has 1 aromatic heterocycles. The third kappa shape index (κ3) is 2.24. The van der Waals surface area contributed by atoms with E-state index in [4.69, 9.17) is 11.6 Å². The second-order valence-corrected chi connectivity index (χ2v) is 6.18. The molecule has 1 amide bonds. The summed E-state index contributed by atoms with van der Waals surface area (Å²) < 4.78 is 1.36. The fourth-order valence-corrected chi connectivity index (χ4v) is 4.48. The molecule has 2 rings (SSSR count). The summed E-state index contributed by atoms with van der Waals surface area (Å²) in [7, 11) is 0. The van der Waals surface area contributed by atoms with E-state index in [0.29, 0.717) is 0 Å². The zero-order valence-corrected chi connectivity index (χ0v) is 11.5. The van der Waals surface area contributed by atoms with Crippen LogP contribution in [-0.2, 0) is 4.79 Å². The molecule has 0 fully saturated rings. The van der Waals surface area contributed by atoms with Crippen molar-refractivity contribution in [2.75, 3.05) is 18.2 Å². The molecule has 0 saturated carbocycles. The average molecular weight is 276 g/mol. The van der Waals surface area contributed by atoms with Gasteiger partial charge in [0.2, 0.25) is 5.91 Å². The fraction of sp³-hybridized carbons (Fsp3) is 0.545. The van der Waals surface area contributed by atoms with Crippen molar-refractivity contribution in [3.8, 4) is 0 Å². The van der Waals surface area contributed by atoms with Crippen LogP contribution in [0.3, 0.4) is 0 Å². The normalized spacial score (nSPS) is 19.2. The highest BCUT2D eigenvalue weighted by Crippen LogP contribution is 2.42. The third-order valence-electron chi connectivity index (χ3n) is 2.79. The number of nitrogens with zero attached hydrogens (tertiary/aromatic N) is 1. The number of halogens is 1. The van der Waals surface area contributed by atoms with E-state index in [1.54, 1.807) is 11.3 Å². The lowest BCUT2D eigenvalue weighted by molar-refractivity contribution is -0.130. The molecule has 1 unspecified atom stereocenters. The highest BCUT2D eigenvalue weighted by Gasteiger charge is 2.28. The Kier molecular flexibility index (Phi) is 4.16. The van der Waals surface area contributed by atoms with Gasteiger partial charge in [0.25, 0.3) is 0 Å². The molecule has 0 spiro atoms.